The van der Waals surface area contributed by atoms with Crippen LogP contribution >= 0.6 is 15.9 Å². The van der Waals surface area contributed by atoms with Gasteiger partial charge in [0.1, 0.15) is 11.5 Å². The van der Waals surface area contributed by atoms with Gasteiger partial charge in [-0.15, -0.1) is 0 Å². The molecule has 4 aromatic heterocycles. The van der Waals surface area contributed by atoms with Gasteiger partial charge in [0.25, 0.3) is 5.91 Å². The average molecular weight is 639 g/mol. The molecule has 4 heterocycles. The van der Waals surface area contributed by atoms with Gasteiger partial charge in [-0.2, -0.15) is 15.4 Å². The highest BCUT2D eigenvalue weighted by molar-refractivity contribution is 9.10. The quantitative estimate of drug-likeness (QED) is 0.195. The predicted molar refractivity (Wildman–Crippen MR) is 170 cm³/mol. The maximum absolute atomic E-state index is 13.2. The number of H-pyrrole nitrogens is 1. The lowest BCUT2D eigenvalue weighted by Crippen LogP contribution is -2.25. The number of fused-ring (bicyclic) bond motifs is 2. The molecule has 0 spiro atoms. The highest BCUT2D eigenvalue weighted by atomic mass is 79.9. The monoisotopic (exact) mass is 637 g/mol. The van der Waals surface area contributed by atoms with Crippen LogP contribution in [-0.4, -0.2) is 51.9 Å². The second kappa shape index (κ2) is 11.4. The van der Waals surface area contributed by atoms with Gasteiger partial charge < -0.3 is 14.5 Å². The Morgan fingerprint density at radius 3 is 2.60 bits per heavy atom. The Morgan fingerprint density at radius 2 is 1.84 bits per heavy atom. The Hall–Kier alpha value is -4.38. The van der Waals surface area contributed by atoms with E-state index in [4.69, 9.17) is 4.98 Å². The largest absolute Gasteiger partial charge is 0.352 e. The zero-order valence-corrected chi connectivity index (χ0v) is 25.7. The number of amides is 1. The van der Waals surface area contributed by atoms with E-state index in [-0.39, 0.29) is 5.91 Å². The lowest BCUT2D eigenvalue weighted by atomic mass is 9.93. The Kier molecular flexibility index (Phi) is 7.26. The van der Waals surface area contributed by atoms with Crippen molar-refractivity contribution in [1.29, 1.82) is 0 Å². The summed E-state index contributed by atoms with van der Waals surface area (Å²) in [5.41, 5.74) is 7.80. The zero-order valence-electron chi connectivity index (χ0n) is 24.1. The third kappa shape index (κ3) is 5.11. The molecule has 10 nitrogen and oxygen atoms in total. The number of rotatable bonds is 8. The van der Waals surface area contributed by atoms with E-state index in [1.54, 1.807) is 18.6 Å². The fraction of sp³-hybridized carbons (Fsp3) is 0.312. The van der Waals surface area contributed by atoms with Crippen molar-refractivity contribution in [3.05, 3.63) is 76.4 Å². The minimum atomic E-state index is -0.0748. The van der Waals surface area contributed by atoms with Crippen molar-refractivity contribution in [1.82, 2.24) is 44.8 Å². The molecule has 0 aliphatic heterocycles. The van der Waals surface area contributed by atoms with E-state index in [1.165, 1.54) is 36.6 Å². The number of halogens is 1. The summed E-state index contributed by atoms with van der Waals surface area (Å²) in [5.74, 6) is 2.09. The molecule has 7 rings (SSSR count). The summed E-state index contributed by atoms with van der Waals surface area (Å²) in [6.07, 6.45) is 11.6. The first-order valence-corrected chi connectivity index (χ1v) is 15.5. The van der Waals surface area contributed by atoms with Crippen molar-refractivity contribution in [2.75, 3.05) is 6.54 Å². The summed E-state index contributed by atoms with van der Waals surface area (Å²) in [4.78, 5) is 27.3. The van der Waals surface area contributed by atoms with Crippen molar-refractivity contribution >= 4 is 43.8 Å². The standard InChI is InChI=1S/C32H32BrN9O/c1-41-27-14-20(25-18-37-40-39-25)10-12-24(27)38-28(41)8-5-13-34-32(43)21-9-11-23-26(15-21)42(2)30(29(23)19-6-3-4-7-19)31-35-16-22(33)17-36-31/h9-12,14-19H,3-8,13H2,1-2H3,(H,34,43)(H,37,39,40). The number of carbonyl (C=O) groups is 1. The third-order valence-corrected chi connectivity index (χ3v) is 9.05. The molecule has 0 radical (unpaired) electrons. The van der Waals surface area contributed by atoms with Crippen LogP contribution in [-0.2, 0) is 20.5 Å². The van der Waals surface area contributed by atoms with Gasteiger partial charge in [0, 0.05) is 61.5 Å². The third-order valence-electron chi connectivity index (χ3n) is 8.64. The number of aromatic nitrogens is 8. The van der Waals surface area contributed by atoms with Crippen LogP contribution in [0.2, 0.25) is 0 Å². The average Bonchev–Trinajstić information content (AvgIpc) is 3.84. The van der Waals surface area contributed by atoms with E-state index in [0.717, 1.165) is 56.6 Å². The first-order valence-electron chi connectivity index (χ1n) is 14.7. The molecule has 1 aliphatic carbocycles. The second-order valence-electron chi connectivity index (χ2n) is 11.3. The lowest BCUT2D eigenvalue weighted by molar-refractivity contribution is 0.0953. The number of hydrogen-bond donors (Lipinski definition) is 2. The van der Waals surface area contributed by atoms with Gasteiger partial charge in [-0.25, -0.2) is 15.0 Å². The maximum Gasteiger partial charge on any atom is 0.251 e. The zero-order chi connectivity index (χ0) is 29.5. The van der Waals surface area contributed by atoms with E-state index in [9.17, 15) is 4.79 Å². The first-order chi connectivity index (χ1) is 21.0. The van der Waals surface area contributed by atoms with E-state index in [0.29, 0.717) is 23.9 Å². The maximum atomic E-state index is 13.2. The van der Waals surface area contributed by atoms with Crippen LogP contribution < -0.4 is 5.32 Å². The molecule has 1 saturated carbocycles. The summed E-state index contributed by atoms with van der Waals surface area (Å²) in [6, 6.07) is 12.2. The molecule has 11 heteroatoms. The van der Waals surface area contributed by atoms with E-state index in [1.807, 2.05) is 31.3 Å². The molecule has 2 N–H and O–H groups in total. The molecule has 1 aliphatic rings. The molecular formula is C32H32BrN9O. The van der Waals surface area contributed by atoms with Gasteiger partial charge >= 0.3 is 0 Å². The van der Waals surface area contributed by atoms with Crippen LogP contribution in [0.5, 0.6) is 0 Å². The Bertz CT molecular complexity index is 1930. The fourth-order valence-corrected chi connectivity index (χ4v) is 6.66. The normalized spacial score (nSPS) is 13.8. The van der Waals surface area contributed by atoms with Gasteiger partial charge in [0.05, 0.1) is 27.4 Å². The smallest absolute Gasteiger partial charge is 0.251 e. The van der Waals surface area contributed by atoms with Crippen molar-refractivity contribution < 1.29 is 4.79 Å². The Balaban J connectivity index is 1.07. The number of imidazole rings is 1. The van der Waals surface area contributed by atoms with E-state index >= 15 is 0 Å². The van der Waals surface area contributed by atoms with E-state index in [2.05, 4.69) is 74.9 Å². The summed E-state index contributed by atoms with van der Waals surface area (Å²) >= 11 is 3.46. The van der Waals surface area contributed by atoms with Gasteiger partial charge in [0.15, 0.2) is 5.82 Å². The SMILES string of the molecule is Cn1c(CCCNC(=O)c2ccc3c(C4CCCC4)c(-c4ncc(Br)cn4)n(C)c3c2)nc2ccc(-c3cn[nH]n3)cc21. The number of nitrogens with one attached hydrogen (secondary N) is 2. The van der Waals surface area contributed by atoms with Crippen LogP contribution in [0.1, 0.15) is 59.8 Å². The molecule has 1 amide bonds. The highest BCUT2D eigenvalue weighted by Gasteiger charge is 2.28. The number of aryl methyl sites for hydroxylation is 3. The minimum absolute atomic E-state index is 0.0748. The van der Waals surface area contributed by atoms with Gasteiger partial charge in [-0.3, -0.25) is 4.79 Å². The summed E-state index contributed by atoms with van der Waals surface area (Å²) < 4.78 is 5.12. The Labute approximate surface area is 257 Å². The van der Waals surface area contributed by atoms with Crippen molar-refractivity contribution in [2.24, 2.45) is 14.1 Å². The number of nitrogens with zero attached hydrogens (tertiary/aromatic N) is 7. The number of carbonyl (C=O) groups excluding carboxylic acids is 1. The molecule has 0 unspecified atom stereocenters. The molecule has 218 valence electrons. The minimum Gasteiger partial charge on any atom is -0.352 e. The van der Waals surface area contributed by atoms with Crippen LogP contribution in [0.3, 0.4) is 0 Å². The molecule has 1 fully saturated rings. The predicted octanol–water partition coefficient (Wildman–Crippen LogP) is 6.09. The molecular weight excluding hydrogens is 606 g/mol. The fourth-order valence-electron chi connectivity index (χ4n) is 6.45. The highest BCUT2D eigenvalue weighted by Crippen LogP contribution is 2.44. The summed E-state index contributed by atoms with van der Waals surface area (Å²) in [6.45, 7) is 0.558. The molecule has 43 heavy (non-hydrogen) atoms. The number of benzene rings is 2. The molecule has 0 bridgehead atoms. The number of aromatic amines is 1. The summed E-state index contributed by atoms with van der Waals surface area (Å²) in [5, 5.41) is 15.0. The van der Waals surface area contributed by atoms with Crippen molar-refractivity contribution in [3.8, 4) is 22.8 Å². The lowest BCUT2D eigenvalue weighted by Gasteiger charge is -2.12. The summed E-state index contributed by atoms with van der Waals surface area (Å²) in [7, 11) is 4.08. The van der Waals surface area contributed by atoms with Gasteiger partial charge in [-0.05, 0) is 70.9 Å². The van der Waals surface area contributed by atoms with Crippen LogP contribution in [0.4, 0.5) is 0 Å². The topological polar surface area (TPSA) is 119 Å². The molecule has 2 aromatic carbocycles. The van der Waals surface area contributed by atoms with Crippen LogP contribution in [0.25, 0.3) is 44.7 Å². The van der Waals surface area contributed by atoms with Crippen LogP contribution in [0, 0.1) is 0 Å². The van der Waals surface area contributed by atoms with Crippen molar-refractivity contribution in [3.63, 3.8) is 0 Å². The van der Waals surface area contributed by atoms with Gasteiger partial charge in [-0.1, -0.05) is 25.0 Å². The van der Waals surface area contributed by atoms with Crippen LogP contribution in [0.15, 0.2) is 59.5 Å². The molecule has 6 aromatic rings. The number of hydrogen-bond acceptors (Lipinski definition) is 6. The Morgan fingerprint density at radius 1 is 1.02 bits per heavy atom. The molecule has 0 atom stereocenters. The molecule has 0 saturated heterocycles. The first kappa shape index (κ1) is 27.5. The second-order valence-corrected chi connectivity index (χ2v) is 12.2. The van der Waals surface area contributed by atoms with Gasteiger partial charge in [0.2, 0.25) is 0 Å². The van der Waals surface area contributed by atoms with E-state index < -0.39 is 0 Å². The van der Waals surface area contributed by atoms with Crippen molar-refractivity contribution in [2.45, 2.75) is 44.4 Å².